The predicted molar refractivity (Wildman–Crippen MR) is 70.2 cm³/mol. The predicted octanol–water partition coefficient (Wildman–Crippen LogP) is 2.81. The molecule has 0 saturated heterocycles. The molecule has 1 aliphatic carbocycles. The van der Waals surface area contributed by atoms with Crippen LogP contribution in [0.5, 0.6) is 0 Å². The van der Waals surface area contributed by atoms with Gasteiger partial charge in [0.1, 0.15) is 0 Å². The van der Waals surface area contributed by atoms with Crippen molar-refractivity contribution >= 4 is 21.4 Å². The highest BCUT2D eigenvalue weighted by Gasteiger charge is 2.26. The Labute approximate surface area is 116 Å². The minimum Gasteiger partial charge on any atom is -0.326 e. The summed E-state index contributed by atoms with van der Waals surface area (Å²) in [5.41, 5.74) is 0.412. The van der Waals surface area contributed by atoms with Crippen LogP contribution in [0.2, 0.25) is 0 Å². The van der Waals surface area contributed by atoms with E-state index < -0.39 is 20.5 Å². The number of sulfone groups is 1. The monoisotopic (exact) mass is 303 g/mol. The van der Waals surface area contributed by atoms with Crippen LogP contribution in [-0.4, -0.2) is 20.1 Å². The maximum atomic E-state index is 12.4. The molecule has 1 aromatic carbocycles. The number of alkyl halides is 2. The van der Waals surface area contributed by atoms with Crippen LogP contribution in [0.25, 0.3) is 0 Å². The summed E-state index contributed by atoms with van der Waals surface area (Å²) in [6.07, 6.45) is 3.76. The number of carbonyl (C=O) groups excluding carboxylic acids is 1. The summed E-state index contributed by atoms with van der Waals surface area (Å²) >= 11 is 0. The minimum absolute atomic E-state index is 0.0144. The normalized spacial score (nSPS) is 16.6. The fourth-order valence-electron chi connectivity index (χ4n) is 2.26. The minimum atomic E-state index is -4.58. The zero-order valence-electron chi connectivity index (χ0n) is 10.7. The van der Waals surface area contributed by atoms with E-state index in [2.05, 4.69) is 5.32 Å². The molecule has 7 heteroatoms. The smallest absolute Gasteiger partial charge is 0.326 e. The Bertz CT molecular complexity index is 578. The van der Waals surface area contributed by atoms with Crippen LogP contribution in [0, 0.1) is 5.92 Å². The number of benzene rings is 1. The Morgan fingerprint density at radius 1 is 1.15 bits per heavy atom. The van der Waals surface area contributed by atoms with Crippen LogP contribution in [0.4, 0.5) is 14.5 Å². The third kappa shape index (κ3) is 3.15. The van der Waals surface area contributed by atoms with Crippen molar-refractivity contribution in [3.63, 3.8) is 0 Å². The first-order valence-corrected chi connectivity index (χ1v) is 7.89. The molecule has 1 aliphatic rings. The van der Waals surface area contributed by atoms with Gasteiger partial charge in [0.15, 0.2) is 0 Å². The average Bonchev–Trinajstić information content (AvgIpc) is 2.93. The van der Waals surface area contributed by atoms with Gasteiger partial charge < -0.3 is 5.32 Å². The van der Waals surface area contributed by atoms with Crippen LogP contribution in [0.3, 0.4) is 0 Å². The molecule has 0 aromatic heterocycles. The van der Waals surface area contributed by atoms with E-state index in [1.807, 2.05) is 0 Å². The number of halogens is 2. The number of hydrogen-bond donors (Lipinski definition) is 1. The molecule has 1 fully saturated rings. The van der Waals surface area contributed by atoms with Crippen molar-refractivity contribution in [3.05, 3.63) is 24.3 Å². The van der Waals surface area contributed by atoms with E-state index in [4.69, 9.17) is 0 Å². The first-order valence-electron chi connectivity index (χ1n) is 6.34. The summed E-state index contributed by atoms with van der Waals surface area (Å²) in [6, 6.07) is 4.79. The Balaban J connectivity index is 2.07. The molecule has 0 heterocycles. The molecule has 0 atom stereocenters. The molecule has 0 radical (unpaired) electrons. The molecule has 0 aliphatic heterocycles. The summed E-state index contributed by atoms with van der Waals surface area (Å²) in [4.78, 5) is 11.4. The molecular weight excluding hydrogens is 288 g/mol. The lowest BCUT2D eigenvalue weighted by atomic mass is 10.1. The Hall–Kier alpha value is -1.50. The van der Waals surface area contributed by atoms with Gasteiger partial charge in [0.25, 0.3) is 0 Å². The van der Waals surface area contributed by atoms with Crippen molar-refractivity contribution in [2.24, 2.45) is 5.92 Å². The third-order valence-corrected chi connectivity index (χ3v) is 4.81. The summed E-state index contributed by atoms with van der Waals surface area (Å²) in [5, 5.41) is 2.67. The molecular formula is C13H15F2NO3S. The van der Waals surface area contributed by atoms with E-state index in [1.54, 1.807) is 0 Å². The van der Waals surface area contributed by atoms with Gasteiger partial charge in [-0.15, -0.1) is 0 Å². The summed E-state index contributed by atoms with van der Waals surface area (Å²) in [6.45, 7) is 0. The van der Waals surface area contributed by atoms with E-state index in [-0.39, 0.29) is 11.8 Å². The Kier molecular flexibility index (Phi) is 4.37. The molecule has 0 spiro atoms. The lowest BCUT2D eigenvalue weighted by molar-refractivity contribution is -0.119. The second kappa shape index (κ2) is 5.87. The second-order valence-electron chi connectivity index (χ2n) is 4.80. The number of amides is 1. The summed E-state index contributed by atoms with van der Waals surface area (Å²) in [5.74, 6) is -3.56. The van der Waals surface area contributed by atoms with Crippen LogP contribution in [-0.2, 0) is 14.6 Å². The van der Waals surface area contributed by atoms with E-state index in [1.165, 1.54) is 12.1 Å². The van der Waals surface area contributed by atoms with Crippen LogP contribution >= 0.6 is 0 Å². The number of rotatable bonds is 4. The van der Waals surface area contributed by atoms with Crippen LogP contribution in [0.15, 0.2) is 29.2 Å². The van der Waals surface area contributed by atoms with Crippen molar-refractivity contribution in [2.45, 2.75) is 36.3 Å². The van der Waals surface area contributed by atoms with Crippen molar-refractivity contribution < 1.29 is 22.0 Å². The number of carbonyl (C=O) groups is 1. The van der Waals surface area contributed by atoms with E-state index in [9.17, 15) is 22.0 Å². The largest absolute Gasteiger partial charge is 0.341 e. The SMILES string of the molecule is O=C(Nc1ccc(S(=O)(=O)C(F)F)cc1)C1CCCC1. The standard InChI is InChI=1S/C13H15F2NO3S/c14-13(15)20(18,19)11-7-5-10(6-8-11)16-12(17)9-3-1-2-4-9/h5-9,13H,1-4H2,(H,16,17). The van der Waals surface area contributed by atoms with Gasteiger partial charge in [0.2, 0.25) is 15.7 Å². The number of anilines is 1. The molecule has 1 N–H and O–H groups in total. The molecule has 0 unspecified atom stereocenters. The van der Waals surface area contributed by atoms with Gasteiger partial charge in [-0.25, -0.2) is 8.42 Å². The zero-order valence-corrected chi connectivity index (χ0v) is 11.5. The molecule has 1 amide bonds. The summed E-state index contributed by atoms with van der Waals surface area (Å²) in [7, 11) is -4.58. The number of hydrogen-bond acceptors (Lipinski definition) is 3. The third-order valence-electron chi connectivity index (χ3n) is 3.41. The molecule has 20 heavy (non-hydrogen) atoms. The van der Waals surface area contributed by atoms with Gasteiger partial charge in [-0.2, -0.15) is 8.78 Å². The van der Waals surface area contributed by atoms with E-state index >= 15 is 0 Å². The number of nitrogens with one attached hydrogen (secondary N) is 1. The maximum Gasteiger partial charge on any atom is 0.341 e. The average molecular weight is 303 g/mol. The van der Waals surface area contributed by atoms with Gasteiger partial charge in [-0.05, 0) is 37.1 Å². The fourth-order valence-corrected chi connectivity index (χ4v) is 2.98. The van der Waals surface area contributed by atoms with Gasteiger partial charge in [0, 0.05) is 11.6 Å². The lowest BCUT2D eigenvalue weighted by Gasteiger charge is -2.10. The first kappa shape index (κ1) is 14.9. The highest BCUT2D eigenvalue weighted by Crippen LogP contribution is 2.26. The van der Waals surface area contributed by atoms with E-state index in [0.717, 1.165) is 37.8 Å². The maximum absolute atomic E-state index is 12.4. The molecule has 0 bridgehead atoms. The van der Waals surface area contributed by atoms with Gasteiger partial charge in [-0.3, -0.25) is 4.79 Å². The highest BCUT2D eigenvalue weighted by molar-refractivity contribution is 7.91. The Morgan fingerprint density at radius 2 is 1.70 bits per heavy atom. The van der Waals surface area contributed by atoms with Gasteiger partial charge >= 0.3 is 5.76 Å². The quantitative estimate of drug-likeness (QED) is 0.930. The van der Waals surface area contributed by atoms with Crippen molar-refractivity contribution in [1.29, 1.82) is 0 Å². The molecule has 2 rings (SSSR count). The zero-order chi connectivity index (χ0) is 14.8. The van der Waals surface area contributed by atoms with Crippen LogP contribution < -0.4 is 5.32 Å². The topological polar surface area (TPSA) is 63.2 Å². The van der Waals surface area contributed by atoms with Gasteiger partial charge in [0.05, 0.1) is 4.90 Å². The first-order chi connectivity index (χ1) is 9.41. The van der Waals surface area contributed by atoms with Crippen LogP contribution in [0.1, 0.15) is 25.7 Å². The lowest BCUT2D eigenvalue weighted by Crippen LogP contribution is -2.20. The molecule has 1 saturated carbocycles. The van der Waals surface area contributed by atoms with Gasteiger partial charge in [-0.1, -0.05) is 12.8 Å². The Morgan fingerprint density at radius 3 is 2.20 bits per heavy atom. The summed E-state index contributed by atoms with van der Waals surface area (Å²) < 4.78 is 47.2. The van der Waals surface area contributed by atoms with Crippen molar-refractivity contribution in [3.8, 4) is 0 Å². The molecule has 1 aromatic rings. The van der Waals surface area contributed by atoms with Crippen molar-refractivity contribution in [2.75, 3.05) is 5.32 Å². The fraction of sp³-hybridized carbons (Fsp3) is 0.462. The molecule has 110 valence electrons. The molecule has 4 nitrogen and oxygen atoms in total. The second-order valence-corrected chi connectivity index (χ2v) is 6.72. The van der Waals surface area contributed by atoms with E-state index in [0.29, 0.717) is 5.69 Å². The van der Waals surface area contributed by atoms with Crippen molar-refractivity contribution in [1.82, 2.24) is 0 Å². The highest BCUT2D eigenvalue weighted by atomic mass is 32.2.